The highest BCUT2D eigenvalue weighted by Gasteiger charge is 2.31. The van der Waals surface area contributed by atoms with Crippen LogP contribution in [0.3, 0.4) is 0 Å². The summed E-state index contributed by atoms with van der Waals surface area (Å²) < 4.78 is 1.72. The van der Waals surface area contributed by atoms with E-state index < -0.39 is 5.60 Å². The number of rotatable bonds is 5. The normalized spacial score (nSPS) is 15.0. The number of amides is 1. The minimum Gasteiger partial charge on any atom is -0.390 e. The van der Waals surface area contributed by atoms with Crippen molar-refractivity contribution in [2.24, 2.45) is 5.92 Å². The van der Waals surface area contributed by atoms with Crippen LogP contribution < -0.4 is 10.2 Å². The third-order valence-corrected chi connectivity index (χ3v) is 6.68. The van der Waals surface area contributed by atoms with Gasteiger partial charge in [0, 0.05) is 18.1 Å². The second-order valence-electron chi connectivity index (χ2n) is 9.27. The van der Waals surface area contributed by atoms with Crippen LogP contribution in [0, 0.1) is 19.8 Å². The van der Waals surface area contributed by atoms with Gasteiger partial charge in [0.1, 0.15) is 5.82 Å². The zero-order valence-electron chi connectivity index (χ0n) is 19.5. The van der Waals surface area contributed by atoms with Crippen molar-refractivity contribution in [3.63, 3.8) is 0 Å². The number of pyridine rings is 1. The lowest BCUT2D eigenvalue weighted by Gasteiger charge is -2.38. The van der Waals surface area contributed by atoms with Crippen molar-refractivity contribution >= 4 is 29.0 Å². The lowest BCUT2D eigenvalue weighted by Crippen LogP contribution is -2.42. The molecule has 0 saturated carbocycles. The van der Waals surface area contributed by atoms with Crippen LogP contribution in [-0.2, 0) is 0 Å². The molecule has 0 aliphatic carbocycles. The van der Waals surface area contributed by atoms with Gasteiger partial charge in [-0.05, 0) is 82.3 Å². The van der Waals surface area contributed by atoms with Crippen LogP contribution in [0.2, 0.25) is 5.02 Å². The predicted molar refractivity (Wildman–Crippen MR) is 131 cm³/mol. The lowest BCUT2D eigenvalue weighted by atomic mass is 9.83. The van der Waals surface area contributed by atoms with Crippen LogP contribution >= 0.6 is 11.6 Å². The van der Waals surface area contributed by atoms with Crippen molar-refractivity contribution in [3.05, 3.63) is 64.6 Å². The molecule has 33 heavy (non-hydrogen) atoms. The van der Waals surface area contributed by atoms with Gasteiger partial charge in [-0.15, -0.1) is 0 Å². The lowest BCUT2D eigenvalue weighted by molar-refractivity contribution is 0.00645. The Kier molecular flexibility index (Phi) is 6.45. The van der Waals surface area contributed by atoms with Crippen LogP contribution in [0.4, 0.5) is 11.5 Å². The molecule has 8 heteroatoms. The third kappa shape index (κ3) is 5.04. The van der Waals surface area contributed by atoms with Gasteiger partial charge in [0.2, 0.25) is 0 Å². The Morgan fingerprint density at radius 2 is 1.82 bits per heavy atom. The van der Waals surface area contributed by atoms with Crippen molar-refractivity contribution in [2.75, 3.05) is 23.3 Å². The van der Waals surface area contributed by atoms with Crippen molar-refractivity contribution in [1.29, 1.82) is 0 Å². The number of carbonyl (C=O) groups excluding carboxylic acids is 1. The molecule has 3 heterocycles. The van der Waals surface area contributed by atoms with E-state index in [1.165, 1.54) is 0 Å². The molecule has 1 amide bonds. The molecule has 1 fully saturated rings. The fourth-order valence-corrected chi connectivity index (χ4v) is 4.56. The molecule has 0 atom stereocenters. The van der Waals surface area contributed by atoms with E-state index in [0.717, 1.165) is 48.7 Å². The van der Waals surface area contributed by atoms with Gasteiger partial charge in [-0.3, -0.25) is 4.79 Å². The van der Waals surface area contributed by atoms with Crippen LogP contribution in [0.25, 0.3) is 5.69 Å². The smallest absolute Gasteiger partial charge is 0.259 e. The maximum atomic E-state index is 12.9. The summed E-state index contributed by atoms with van der Waals surface area (Å²) in [5.74, 6) is 0.992. The van der Waals surface area contributed by atoms with Crippen molar-refractivity contribution < 1.29 is 9.90 Å². The monoisotopic (exact) mass is 467 g/mol. The Morgan fingerprint density at radius 3 is 2.42 bits per heavy atom. The summed E-state index contributed by atoms with van der Waals surface area (Å²) >= 11 is 5.97. The summed E-state index contributed by atoms with van der Waals surface area (Å²) in [6.45, 7) is 9.35. The van der Waals surface area contributed by atoms with Crippen LogP contribution in [0.1, 0.15) is 48.3 Å². The first-order chi connectivity index (χ1) is 15.6. The number of halogens is 1. The Morgan fingerprint density at radius 1 is 1.15 bits per heavy atom. The topological polar surface area (TPSA) is 83.3 Å². The summed E-state index contributed by atoms with van der Waals surface area (Å²) in [4.78, 5) is 19.8. The molecule has 0 bridgehead atoms. The molecule has 0 spiro atoms. The van der Waals surface area contributed by atoms with Gasteiger partial charge >= 0.3 is 0 Å². The van der Waals surface area contributed by atoms with Gasteiger partial charge in [0.05, 0.1) is 40.6 Å². The van der Waals surface area contributed by atoms with E-state index in [4.69, 9.17) is 11.6 Å². The van der Waals surface area contributed by atoms with Gasteiger partial charge < -0.3 is 15.3 Å². The van der Waals surface area contributed by atoms with Crippen molar-refractivity contribution in [3.8, 4) is 5.69 Å². The number of carbonyl (C=O) groups is 1. The van der Waals surface area contributed by atoms with E-state index in [9.17, 15) is 9.90 Å². The van der Waals surface area contributed by atoms with E-state index in [1.54, 1.807) is 29.2 Å². The summed E-state index contributed by atoms with van der Waals surface area (Å²) in [6, 6.07) is 9.25. The first kappa shape index (κ1) is 23.3. The number of hydrogen-bond acceptors (Lipinski definition) is 5. The van der Waals surface area contributed by atoms with Crippen LogP contribution in [0.15, 0.2) is 42.7 Å². The maximum absolute atomic E-state index is 12.9. The van der Waals surface area contributed by atoms with Crippen molar-refractivity contribution in [1.82, 2.24) is 14.8 Å². The van der Waals surface area contributed by atoms with E-state index in [0.29, 0.717) is 22.2 Å². The quantitative estimate of drug-likeness (QED) is 0.564. The van der Waals surface area contributed by atoms with E-state index in [-0.39, 0.29) is 5.91 Å². The Bertz CT molecular complexity index is 1140. The molecule has 1 aromatic carbocycles. The van der Waals surface area contributed by atoms with Gasteiger partial charge in [-0.25, -0.2) is 9.67 Å². The molecule has 0 unspecified atom stereocenters. The summed E-state index contributed by atoms with van der Waals surface area (Å²) in [6.07, 6.45) is 5.13. The Hall–Kier alpha value is -2.90. The molecule has 3 aromatic rings. The second-order valence-corrected chi connectivity index (χ2v) is 9.70. The number of aromatic nitrogens is 3. The average Bonchev–Trinajstić information content (AvgIpc) is 3.15. The maximum Gasteiger partial charge on any atom is 0.259 e. The van der Waals surface area contributed by atoms with E-state index in [1.807, 2.05) is 45.9 Å². The minimum atomic E-state index is -0.651. The van der Waals surface area contributed by atoms with Gasteiger partial charge in [0.25, 0.3) is 5.91 Å². The molecule has 1 aliphatic heterocycles. The van der Waals surface area contributed by atoms with E-state index >= 15 is 0 Å². The minimum absolute atomic E-state index is 0.229. The molecule has 1 saturated heterocycles. The number of nitrogens with zero attached hydrogens (tertiary/aromatic N) is 4. The number of aliphatic hydroxyl groups is 1. The SMILES string of the molecule is Cc1cc(NC(=O)c2cnn(-c3ccc(Cl)cc3)c2C)cnc1N1CCC(C(C)(C)O)CC1. The molecule has 2 aromatic heterocycles. The average molecular weight is 468 g/mol. The number of piperidine rings is 1. The van der Waals surface area contributed by atoms with Gasteiger partial charge in [-0.2, -0.15) is 5.10 Å². The summed E-state index contributed by atoms with van der Waals surface area (Å²) in [5.41, 5.74) is 3.08. The Labute approximate surface area is 199 Å². The fourth-order valence-electron chi connectivity index (χ4n) is 4.44. The second kappa shape index (κ2) is 9.15. The number of hydrogen-bond donors (Lipinski definition) is 2. The number of anilines is 2. The zero-order valence-corrected chi connectivity index (χ0v) is 20.2. The molecule has 0 radical (unpaired) electrons. The largest absolute Gasteiger partial charge is 0.390 e. The van der Waals surface area contributed by atoms with Crippen LogP contribution in [0.5, 0.6) is 0 Å². The molecular formula is C25H30ClN5O2. The first-order valence-electron chi connectivity index (χ1n) is 11.2. The number of aryl methyl sites for hydroxylation is 1. The molecule has 7 nitrogen and oxygen atoms in total. The highest BCUT2D eigenvalue weighted by Crippen LogP contribution is 2.31. The standard InChI is InChI=1S/C25H30ClN5O2/c1-16-13-20(14-27-23(16)30-11-9-18(10-12-30)25(3,4)33)29-24(32)22-15-28-31(17(22)2)21-7-5-19(26)6-8-21/h5-8,13-15,18,33H,9-12H2,1-4H3,(H,29,32). The third-order valence-electron chi connectivity index (χ3n) is 6.43. The number of nitrogens with one attached hydrogen (secondary N) is 1. The molecule has 1 aliphatic rings. The molecule has 4 rings (SSSR count). The van der Waals surface area contributed by atoms with E-state index in [2.05, 4.69) is 20.3 Å². The Balaban J connectivity index is 1.44. The molecule has 2 N–H and O–H groups in total. The van der Waals surface area contributed by atoms with Gasteiger partial charge in [-0.1, -0.05) is 11.6 Å². The highest BCUT2D eigenvalue weighted by atomic mass is 35.5. The van der Waals surface area contributed by atoms with Gasteiger partial charge in [0.15, 0.2) is 0 Å². The first-order valence-corrected chi connectivity index (χ1v) is 11.6. The number of benzene rings is 1. The molecular weight excluding hydrogens is 438 g/mol. The summed E-state index contributed by atoms with van der Waals surface area (Å²) in [5, 5.41) is 18.2. The van der Waals surface area contributed by atoms with Crippen LogP contribution in [-0.4, -0.2) is 44.5 Å². The van der Waals surface area contributed by atoms with Crippen molar-refractivity contribution in [2.45, 2.75) is 46.1 Å². The highest BCUT2D eigenvalue weighted by molar-refractivity contribution is 6.30. The fraction of sp³-hybridized carbons (Fsp3) is 0.400. The summed E-state index contributed by atoms with van der Waals surface area (Å²) in [7, 11) is 0. The predicted octanol–water partition coefficient (Wildman–Crippen LogP) is 4.78. The zero-order chi connectivity index (χ0) is 23.8. The molecule has 174 valence electrons.